The second-order valence-corrected chi connectivity index (χ2v) is 7.17. The summed E-state index contributed by atoms with van der Waals surface area (Å²) in [5, 5.41) is 10.2. The van der Waals surface area contributed by atoms with Gasteiger partial charge in [0.05, 0.1) is 11.7 Å². The van der Waals surface area contributed by atoms with E-state index in [0.29, 0.717) is 6.04 Å². The minimum atomic E-state index is 0.0243. The predicted molar refractivity (Wildman–Crippen MR) is 90.4 cm³/mol. The number of aryl methyl sites for hydroxylation is 2. The van der Waals surface area contributed by atoms with Crippen LogP contribution in [0.15, 0.2) is 28.4 Å². The molecule has 0 saturated heterocycles. The van der Waals surface area contributed by atoms with Crippen LogP contribution in [0.2, 0.25) is 0 Å². The Morgan fingerprint density at radius 3 is 2.68 bits per heavy atom. The van der Waals surface area contributed by atoms with E-state index >= 15 is 0 Å². The highest BCUT2D eigenvalue weighted by atomic mass is 32.1. The van der Waals surface area contributed by atoms with E-state index in [1.54, 1.807) is 16.8 Å². The first kappa shape index (κ1) is 15.4. The van der Waals surface area contributed by atoms with Crippen LogP contribution in [-0.2, 0) is 6.54 Å². The van der Waals surface area contributed by atoms with Crippen LogP contribution in [0.3, 0.4) is 0 Å². The zero-order valence-corrected chi connectivity index (χ0v) is 14.0. The van der Waals surface area contributed by atoms with Gasteiger partial charge in [0.1, 0.15) is 0 Å². The van der Waals surface area contributed by atoms with Crippen molar-refractivity contribution in [3.63, 3.8) is 0 Å². The van der Waals surface area contributed by atoms with Crippen molar-refractivity contribution in [3.05, 3.63) is 50.1 Å². The Kier molecular flexibility index (Phi) is 4.74. The van der Waals surface area contributed by atoms with E-state index in [0.717, 1.165) is 37.9 Å². The Morgan fingerprint density at radius 2 is 2.00 bits per heavy atom. The maximum absolute atomic E-state index is 12.0. The summed E-state index contributed by atoms with van der Waals surface area (Å²) in [7, 11) is 0. The van der Waals surface area contributed by atoms with Crippen molar-refractivity contribution in [1.82, 2.24) is 15.1 Å². The zero-order chi connectivity index (χ0) is 15.5. The summed E-state index contributed by atoms with van der Waals surface area (Å²) in [6.45, 7) is 5.06. The summed E-state index contributed by atoms with van der Waals surface area (Å²) < 4.78 is 1.69. The number of thiophene rings is 1. The first-order valence-electron chi connectivity index (χ1n) is 7.96. The van der Waals surface area contributed by atoms with Gasteiger partial charge in [0.15, 0.2) is 0 Å². The quantitative estimate of drug-likeness (QED) is 0.942. The number of nitrogens with zero attached hydrogens (tertiary/aromatic N) is 2. The zero-order valence-electron chi connectivity index (χ0n) is 13.2. The smallest absolute Gasteiger partial charge is 0.267 e. The molecule has 0 aliphatic heterocycles. The summed E-state index contributed by atoms with van der Waals surface area (Å²) >= 11 is 1.82. The Labute approximate surface area is 135 Å². The molecule has 0 radical (unpaired) electrons. The fourth-order valence-electron chi connectivity index (χ4n) is 3.13. The first-order chi connectivity index (χ1) is 10.6. The summed E-state index contributed by atoms with van der Waals surface area (Å²) in [5.74, 6) is 0. The number of rotatable bonds is 4. The highest BCUT2D eigenvalue weighted by Gasteiger charge is 2.23. The first-order valence-corrected chi connectivity index (χ1v) is 8.84. The average Bonchev–Trinajstić information content (AvgIpc) is 2.93. The third-order valence-electron chi connectivity index (χ3n) is 4.52. The molecule has 0 spiro atoms. The van der Waals surface area contributed by atoms with E-state index in [4.69, 9.17) is 0 Å². The average molecular weight is 317 g/mol. The predicted octanol–water partition coefficient (Wildman–Crippen LogP) is 3.20. The standard InChI is InChI=1S/C17H23N3OS/c1-12-9-10-22-16(12)11-18-14-4-6-15(7-5-14)20-17(21)8-3-13(2)19-20/h3,8-10,14-15,18H,4-7,11H2,1-2H3. The van der Waals surface area contributed by atoms with Crippen molar-refractivity contribution in [2.75, 3.05) is 0 Å². The molecule has 1 saturated carbocycles. The largest absolute Gasteiger partial charge is 0.309 e. The van der Waals surface area contributed by atoms with Crippen molar-refractivity contribution in [1.29, 1.82) is 0 Å². The summed E-state index contributed by atoms with van der Waals surface area (Å²) in [6.07, 6.45) is 4.27. The molecular weight excluding hydrogens is 294 g/mol. The van der Waals surface area contributed by atoms with Gasteiger partial charge in [-0.05, 0) is 62.6 Å². The molecule has 118 valence electrons. The maximum Gasteiger partial charge on any atom is 0.267 e. The van der Waals surface area contributed by atoms with E-state index in [-0.39, 0.29) is 11.6 Å². The molecule has 22 heavy (non-hydrogen) atoms. The van der Waals surface area contributed by atoms with Gasteiger partial charge in [-0.1, -0.05) is 0 Å². The van der Waals surface area contributed by atoms with E-state index in [1.807, 2.05) is 18.3 Å². The molecule has 1 fully saturated rings. The molecule has 2 aromatic rings. The molecule has 4 nitrogen and oxygen atoms in total. The van der Waals surface area contributed by atoms with Gasteiger partial charge in [-0.15, -0.1) is 11.3 Å². The lowest BCUT2D eigenvalue weighted by Crippen LogP contribution is -2.36. The molecule has 0 bridgehead atoms. The van der Waals surface area contributed by atoms with E-state index in [1.165, 1.54) is 10.4 Å². The van der Waals surface area contributed by atoms with Crippen molar-refractivity contribution < 1.29 is 0 Å². The lowest BCUT2D eigenvalue weighted by Gasteiger charge is -2.29. The fraction of sp³-hybridized carbons (Fsp3) is 0.529. The van der Waals surface area contributed by atoms with Gasteiger partial charge >= 0.3 is 0 Å². The molecule has 3 rings (SSSR count). The van der Waals surface area contributed by atoms with Crippen LogP contribution < -0.4 is 10.9 Å². The molecule has 0 unspecified atom stereocenters. The molecule has 0 atom stereocenters. The van der Waals surface area contributed by atoms with Crippen molar-refractivity contribution in [3.8, 4) is 0 Å². The second-order valence-electron chi connectivity index (χ2n) is 6.17. The van der Waals surface area contributed by atoms with Crippen LogP contribution in [0.5, 0.6) is 0 Å². The number of hydrogen-bond acceptors (Lipinski definition) is 4. The topological polar surface area (TPSA) is 46.9 Å². The van der Waals surface area contributed by atoms with Crippen LogP contribution in [-0.4, -0.2) is 15.8 Å². The Morgan fingerprint density at radius 1 is 1.23 bits per heavy atom. The summed E-state index contributed by atoms with van der Waals surface area (Å²) in [5.41, 5.74) is 2.31. The maximum atomic E-state index is 12.0. The number of nitrogens with one attached hydrogen (secondary N) is 1. The molecule has 1 aliphatic rings. The minimum absolute atomic E-state index is 0.0243. The van der Waals surface area contributed by atoms with Crippen LogP contribution >= 0.6 is 11.3 Å². The SMILES string of the molecule is Cc1ccc(=O)n(C2CCC(NCc3sccc3C)CC2)n1. The van der Waals surface area contributed by atoms with Crippen LogP contribution in [0.4, 0.5) is 0 Å². The van der Waals surface area contributed by atoms with Gasteiger partial charge in [0, 0.05) is 23.5 Å². The van der Waals surface area contributed by atoms with Crippen molar-refractivity contribution >= 4 is 11.3 Å². The lowest BCUT2D eigenvalue weighted by molar-refractivity contribution is 0.268. The van der Waals surface area contributed by atoms with Crippen LogP contribution in [0.25, 0.3) is 0 Å². The Balaban J connectivity index is 1.55. The molecule has 5 heteroatoms. The molecule has 0 amide bonds. The van der Waals surface area contributed by atoms with Gasteiger partial charge in [0.25, 0.3) is 5.56 Å². The molecule has 0 aromatic carbocycles. The summed E-state index contributed by atoms with van der Waals surface area (Å²) in [4.78, 5) is 13.4. The van der Waals surface area contributed by atoms with Crippen molar-refractivity contribution in [2.24, 2.45) is 0 Å². The molecule has 1 aliphatic carbocycles. The van der Waals surface area contributed by atoms with Gasteiger partial charge in [-0.25, -0.2) is 4.68 Å². The third kappa shape index (κ3) is 3.47. The fourth-order valence-corrected chi connectivity index (χ4v) is 3.99. The molecule has 2 aromatic heterocycles. The monoisotopic (exact) mass is 317 g/mol. The lowest BCUT2D eigenvalue weighted by atomic mass is 9.91. The van der Waals surface area contributed by atoms with Gasteiger partial charge in [0.2, 0.25) is 0 Å². The van der Waals surface area contributed by atoms with Gasteiger partial charge < -0.3 is 5.32 Å². The van der Waals surface area contributed by atoms with Gasteiger partial charge in [-0.3, -0.25) is 4.79 Å². The normalized spacial score (nSPS) is 21.9. The van der Waals surface area contributed by atoms with E-state index in [2.05, 4.69) is 28.8 Å². The van der Waals surface area contributed by atoms with E-state index < -0.39 is 0 Å². The molecular formula is C17H23N3OS. The van der Waals surface area contributed by atoms with Gasteiger partial charge in [-0.2, -0.15) is 5.10 Å². The van der Waals surface area contributed by atoms with Crippen LogP contribution in [0.1, 0.15) is 47.9 Å². The highest BCUT2D eigenvalue weighted by molar-refractivity contribution is 7.10. The Bertz CT molecular complexity index is 683. The third-order valence-corrected chi connectivity index (χ3v) is 5.54. The van der Waals surface area contributed by atoms with E-state index in [9.17, 15) is 4.79 Å². The Hall–Kier alpha value is -1.46. The second kappa shape index (κ2) is 6.75. The van der Waals surface area contributed by atoms with Crippen molar-refractivity contribution in [2.45, 2.75) is 58.2 Å². The molecule has 2 heterocycles. The summed E-state index contributed by atoms with van der Waals surface area (Å²) in [6, 6.07) is 6.41. The number of aromatic nitrogens is 2. The van der Waals surface area contributed by atoms with Crippen LogP contribution in [0, 0.1) is 13.8 Å². The highest BCUT2D eigenvalue weighted by Crippen LogP contribution is 2.27. The minimum Gasteiger partial charge on any atom is -0.309 e. The number of hydrogen-bond donors (Lipinski definition) is 1. The molecule has 1 N–H and O–H groups in total.